The Labute approximate surface area is 136 Å². The highest BCUT2D eigenvalue weighted by Crippen LogP contribution is 2.21. The van der Waals surface area contributed by atoms with Crippen LogP contribution >= 0.6 is 0 Å². The lowest BCUT2D eigenvalue weighted by Gasteiger charge is -2.25. The summed E-state index contributed by atoms with van der Waals surface area (Å²) in [6.45, 7) is 9.48. The van der Waals surface area contributed by atoms with Crippen molar-refractivity contribution < 1.29 is 21.9 Å². The van der Waals surface area contributed by atoms with Gasteiger partial charge in [-0.15, -0.1) is 0 Å². The Morgan fingerprint density at radius 1 is 0.955 bits per heavy atom. The molecule has 0 aromatic carbocycles. The lowest BCUT2D eigenvalue weighted by atomic mass is 9.96. The third kappa shape index (κ3) is 10.5. The van der Waals surface area contributed by atoms with Gasteiger partial charge in [0.05, 0.1) is 12.7 Å². The van der Waals surface area contributed by atoms with Crippen molar-refractivity contribution in [1.29, 1.82) is 0 Å². The van der Waals surface area contributed by atoms with Crippen molar-refractivity contribution in [2.24, 2.45) is 11.8 Å². The molecular formula is C16H34O5S. The predicted octanol–water partition coefficient (Wildman–Crippen LogP) is 4.23. The van der Waals surface area contributed by atoms with Crippen LogP contribution in [0.4, 0.5) is 0 Å². The smallest absolute Gasteiger partial charge is 0.381 e. The molecule has 0 saturated heterocycles. The van der Waals surface area contributed by atoms with Crippen molar-refractivity contribution in [3.05, 3.63) is 0 Å². The average Bonchev–Trinajstić information content (AvgIpc) is 2.45. The van der Waals surface area contributed by atoms with Crippen LogP contribution in [0.15, 0.2) is 0 Å². The van der Waals surface area contributed by atoms with Crippen molar-refractivity contribution in [2.45, 2.75) is 78.7 Å². The Morgan fingerprint density at radius 2 is 1.64 bits per heavy atom. The fraction of sp³-hybridized carbons (Fsp3) is 1.00. The molecule has 3 unspecified atom stereocenters. The Balaban J connectivity index is 4.41. The van der Waals surface area contributed by atoms with E-state index < -0.39 is 16.5 Å². The molecular weight excluding hydrogens is 304 g/mol. The van der Waals surface area contributed by atoms with Crippen molar-refractivity contribution in [3.63, 3.8) is 0 Å². The highest BCUT2D eigenvalue weighted by molar-refractivity contribution is 7.80. The summed E-state index contributed by atoms with van der Waals surface area (Å²) in [5, 5.41) is 0. The predicted molar refractivity (Wildman–Crippen MR) is 89.2 cm³/mol. The van der Waals surface area contributed by atoms with Crippen LogP contribution in [0.5, 0.6) is 0 Å². The van der Waals surface area contributed by atoms with E-state index in [1.165, 1.54) is 19.3 Å². The number of unbranched alkanes of at least 4 members (excludes halogenated alkanes) is 1. The molecule has 0 spiro atoms. The largest absolute Gasteiger partial charge is 0.397 e. The van der Waals surface area contributed by atoms with Crippen LogP contribution in [-0.4, -0.2) is 32.3 Å². The van der Waals surface area contributed by atoms with E-state index in [0.29, 0.717) is 25.6 Å². The number of hydrogen-bond acceptors (Lipinski definition) is 4. The summed E-state index contributed by atoms with van der Waals surface area (Å²) in [7, 11) is -4.41. The van der Waals surface area contributed by atoms with Gasteiger partial charge in [0.1, 0.15) is 0 Å². The van der Waals surface area contributed by atoms with E-state index in [-0.39, 0.29) is 5.92 Å². The maximum absolute atomic E-state index is 11.0. The van der Waals surface area contributed by atoms with E-state index in [1.807, 2.05) is 13.8 Å². The fourth-order valence-electron chi connectivity index (χ4n) is 2.58. The Kier molecular flexibility index (Phi) is 12.2. The first-order valence-electron chi connectivity index (χ1n) is 8.61. The van der Waals surface area contributed by atoms with Crippen LogP contribution < -0.4 is 0 Å². The molecule has 0 aromatic heterocycles. The van der Waals surface area contributed by atoms with Gasteiger partial charge in [0.25, 0.3) is 0 Å². The topological polar surface area (TPSA) is 72.8 Å². The van der Waals surface area contributed by atoms with E-state index in [1.54, 1.807) is 0 Å². The molecule has 0 radical (unpaired) electrons. The average molecular weight is 339 g/mol. The van der Waals surface area contributed by atoms with Gasteiger partial charge < -0.3 is 4.74 Å². The summed E-state index contributed by atoms with van der Waals surface area (Å²) in [5.74, 6) is 0.537. The van der Waals surface area contributed by atoms with E-state index in [2.05, 4.69) is 13.8 Å². The number of rotatable bonds is 14. The molecule has 0 aliphatic rings. The molecule has 0 fully saturated rings. The Bertz CT molecular complexity index is 356. The third-order valence-electron chi connectivity index (χ3n) is 4.10. The van der Waals surface area contributed by atoms with Crippen LogP contribution in [0.3, 0.4) is 0 Å². The van der Waals surface area contributed by atoms with Gasteiger partial charge in [-0.25, -0.2) is 4.18 Å². The minimum absolute atomic E-state index is 0.0226. The van der Waals surface area contributed by atoms with Crippen LogP contribution in [0.25, 0.3) is 0 Å². The van der Waals surface area contributed by atoms with Crippen LogP contribution in [0.2, 0.25) is 0 Å². The van der Waals surface area contributed by atoms with E-state index >= 15 is 0 Å². The molecule has 0 aliphatic heterocycles. The number of hydrogen-bond donors (Lipinski definition) is 1. The molecule has 3 atom stereocenters. The van der Waals surface area contributed by atoms with E-state index in [4.69, 9.17) is 13.5 Å². The minimum atomic E-state index is -4.41. The molecule has 0 rings (SSSR count). The summed E-state index contributed by atoms with van der Waals surface area (Å²) < 4.78 is 41.5. The SMILES string of the molecule is CCCCC(CC)COCC(CC)C(CCC)OS(=O)(=O)O. The third-order valence-corrected chi connectivity index (χ3v) is 4.59. The quantitative estimate of drug-likeness (QED) is 0.480. The lowest BCUT2D eigenvalue weighted by molar-refractivity contribution is 0.0171. The van der Waals surface area contributed by atoms with Crippen LogP contribution in [0.1, 0.15) is 72.6 Å². The van der Waals surface area contributed by atoms with Crippen LogP contribution in [0, 0.1) is 11.8 Å². The molecule has 0 aromatic rings. The lowest BCUT2D eigenvalue weighted by Crippen LogP contribution is -2.30. The van der Waals surface area contributed by atoms with E-state index in [0.717, 1.165) is 19.3 Å². The molecule has 134 valence electrons. The standard InChI is InChI=1S/C16H34O5S/c1-5-9-11-14(7-3)12-20-13-15(8-4)16(10-6-2)21-22(17,18)19/h14-16H,5-13H2,1-4H3,(H,17,18,19). The second-order valence-electron chi connectivity index (χ2n) is 5.97. The highest BCUT2D eigenvalue weighted by Gasteiger charge is 2.25. The van der Waals surface area contributed by atoms with Gasteiger partial charge in [-0.3, -0.25) is 4.55 Å². The van der Waals surface area contributed by atoms with Gasteiger partial charge in [0.2, 0.25) is 0 Å². The van der Waals surface area contributed by atoms with Crippen molar-refractivity contribution in [1.82, 2.24) is 0 Å². The summed E-state index contributed by atoms with van der Waals surface area (Å²) in [6, 6.07) is 0. The van der Waals surface area contributed by atoms with Crippen molar-refractivity contribution >= 4 is 10.4 Å². The monoisotopic (exact) mass is 338 g/mol. The molecule has 1 N–H and O–H groups in total. The normalized spacial score (nSPS) is 16.4. The molecule has 6 heteroatoms. The molecule has 0 saturated carbocycles. The maximum atomic E-state index is 11.0. The molecule has 0 aliphatic carbocycles. The highest BCUT2D eigenvalue weighted by atomic mass is 32.3. The zero-order chi connectivity index (χ0) is 17.0. The molecule has 0 bridgehead atoms. The Morgan fingerprint density at radius 3 is 2.09 bits per heavy atom. The van der Waals surface area contributed by atoms with Crippen LogP contribution in [-0.2, 0) is 19.3 Å². The van der Waals surface area contributed by atoms with Gasteiger partial charge in [0, 0.05) is 12.5 Å². The van der Waals surface area contributed by atoms with Gasteiger partial charge in [0.15, 0.2) is 0 Å². The minimum Gasteiger partial charge on any atom is -0.381 e. The van der Waals surface area contributed by atoms with E-state index in [9.17, 15) is 8.42 Å². The second kappa shape index (κ2) is 12.3. The van der Waals surface area contributed by atoms with Gasteiger partial charge in [-0.2, -0.15) is 8.42 Å². The first-order chi connectivity index (χ1) is 10.4. The zero-order valence-corrected chi connectivity index (χ0v) is 15.4. The molecule has 22 heavy (non-hydrogen) atoms. The molecule has 0 amide bonds. The second-order valence-corrected chi connectivity index (χ2v) is 7.02. The molecule has 5 nitrogen and oxygen atoms in total. The summed E-state index contributed by atoms with van der Waals surface area (Å²) in [5.41, 5.74) is 0. The van der Waals surface area contributed by atoms with Gasteiger partial charge >= 0.3 is 10.4 Å². The first-order valence-corrected chi connectivity index (χ1v) is 9.97. The molecule has 0 heterocycles. The zero-order valence-electron chi connectivity index (χ0n) is 14.6. The summed E-state index contributed by atoms with van der Waals surface area (Å²) in [4.78, 5) is 0. The van der Waals surface area contributed by atoms with Gasteiger partial charge in [-0.05, 0) is 25.2 Å². The number of ether oxygens (including phenoxy) is 1. The van der Waals surface area contributed by atoms with Crippen molar-refractivity contribution in [2.75, 3.05) is 13.2 Å². The first kappa shape index (κ1) is 21.8. The Hall–Kier alpha value is -0.170. The maximum Gasteiger partial charge on any atom is 0.397 e. The van der Waals surface area contributed by atoms with Crippen molar-refractivity contribution in [3.8, 4) is 0 Å². The van der Waals surface area contributed by atoms with Gasteiger partial charge in [-0.1, -0.05) is 53.4 Å². The summed E-state index contributed by atoms with van der Waals surface area (Å²) >= 11 is 0. The fourth-order valence-corrected chi connectivity index (χ4v) is 3.14. The summed E-state index contributed by atoms with van der Waals surface area (Å²) in [6.07, 6.45) is 6.30.